The molecule has 0 rings (SSSR count). The molecule has 0 aromatic carbocycles. The molecule has 0 bridgehead atoms. The summed E-state index contributed by atoms with van der Waals surface area (Å²) in [6, 6.07) is 0. The molecule has 0 aromatic heterocycles. The molecule has 25 heavy (non-hydrogen) atoms. The van der Waals surface area contributed by atoms with Crippen LogP contribution in [-0.4, -0.2) is 66.3 Å². The first-order valence-corrected chi connectivity index (χ1v) is 6.86. The fourth-order valence-electron chi connectivity index (χ4n) is 1.73. The number of hydrogen-bond donors (Lipinski definition) is 1. The second-order valence-electron chi connectivity index (χ2n) is 4.73. The van der Waals surface area contributed by atoms with E-state index in [1.807, 2.05) is 0 Å². The second-order valence-corrected chi connectivity index (χ2v) is 4.73. The molecule has 0 aliphatic rings. The number of aliphatic hydroxyl groups excluding tert-OH is 1. The number of rotatable bonds is 9. The van der Waals surface area contributed by atoms with Crippen LogP contribution in [0, 0.1) is 0 Å². The number of halogens is 1. The predicted octanol–water partition coefficient (Wildman–Crippen LogP) is -0.518. The monoisotopic (exact) mass is 428 g/mol. The van der Waals surface area contributed by atoms with Crippen LogP contribution in [0.3, 0.4) is 0 Å². The van der Waals surface area contributed by atoms with Crippen LogP contribution < -0.4 is 0 Å². The SMILES string of the molecule is Br.CC(=O)OC[C@@H](O)[C@H](OC(C)=O)[C@H](OC(C)=O)[C@H](C=O)OC(C)=O. The Balaban J connectivity index is 0. The lowest BCUT2D eigenvalue weighted by atomic mass is 10.0. The van der Waals surface area contributed by atoms with Crippen LogP contribution in [0.15, 0.2) is 0 Å². The van der Waals surface area contributed by atoms with Crippen LogP contribution in [0.5, 0.6) is 0 Å². The number of ether oxygens (including phenoxy) is 4. The van der Waals surface area contributed by atoms with Gasteiger partial charge in [0.1, 0.15) is 12.7 Å². The summed E-state index contributed by atoms with van der Waals surface area (Å²) in [6.07, 6.45) is -6.36. The smallest absolute Gasteiger partial charge is 0.303 e. The highest BCUT2D eigenvalue weighted by Crippen LogP contribution is 2.17. The highest BCUT2D eigenvalue weighted by atomic mass is 79.9. The Morgan fingerprint density at radius 2 is 1.28 bits per heavy atom. The molecule has 0 saturated carbocycles. The zero-order valence-electron chi connectivity index (χ0n) is 14.1. The first kappa shape index (κ1) is 25.2. The zero-order chi connectivity index (χ0) is 18.9. The van der Waals surface area contributed by atoms with Crippen molar-refractivity contribution < 1.29 is 48.0 Å². The van der Waals surface area contributed by atoms with Crippen LogP contribution in [0.1, 0.15) is 27.7 Å². The summed E-state index contributed by atoms with van der Waals surface area (Å²) in [5.41, 5.74) is 0. The fourth-order valence-corrected chi connectivity index (χ4v) is 1.73. The molecule has 4 atom stereocenters. The summed E-state index contributed by atoms with van der Waals surface area (Å²) in [5, 5.41) is 10.1. The number of hydrogen-bond acceptors (Lipinski definition) is 10. The van der Waals surface area contributed by atoms with Gasteiger partial charge in [-0.1, -0.05) is 0 Å². The van der Waals surface area contributed by atoms with E-state index in [4.69, 9.17) is 14.2 Å². The lowest BCUT2D eigenvalue weighted by Crippen LogP contribution is -2.52. The summed E-state index contributed by atoms with van der Waals surface area (Å²) < 4.78 is 19.0. The maximum absolute atomic E-state index is 11.3. The molecule has 0 aliphatic heterocycles. The summed E-state index contributed by atoms with van der Waals surface area (Å²) in [7, 11) is 0. The summed E-state index contributed by atoms with van der Waals surface area (Å²) in [5.74, 6) is -3.32. The van der Waals surface area contributed by atoms with E-state index in [0.717, 1.165) is 27.7 Å². The van der Waals surface area contributed by atoms with Gasteiger partial charge in [-0.15, -0.1) is 17.0 Å². The first-order valence-electron chi connectivity index (χ1n) is 6.86. The molecule has 0 radical (unpaired) electrons. The largest absolute Gasteiger partial charge is 0.463 e. The Morgan fingerprint density at radius 1 is 0.840 bits per heavy atom. The van der Waals surface area contributed by atoms with Crippen LogP contribution in [-0.2, 0) is 42.9 Å². The Kier molecular flexibility index (Phi) is 12.5. The van der Waals surface area contributed by atoms with Gasteiger partial charge in [0.2, 0.25) is 0 Å². The second kappa shape index (κ2) is 12.4. The van der Waals surface area contributed by atoms with E-state index in [9.17, 15) is 29.1 Å². The molecule has 144 valence electrons. The van der Waals surface area contributed by atoms with Crippen molar-refractivity contribution in [2.75, 3.05) is 6.61 Å². The standard InChI is InChI=1S/C14H20O10.BrH/c1-7(16)21-6-11(20)13(23-9(3)18)14(24-10(4)19)12(5-15)22-8(2)17;/h5,11-14,20H,6H2,1-4H3;1H/t11-,12+,13+,14-;/m1./s1. The minimum Gasteiger partial charge on any atom is -0.463 e. The Morgan fingerprint density at radius 3 is 1.64 bits per heavy atom. The van der Waals surface area contributed by atoms with E-state index in [2.05, 4.69) is 4.74 Å². The van der Waals surface area contributed by atoms with Gasteiger partial charge in [0, 0.05) is 27.7 Å². The van der Waals surface area contributed by atoms with Crippen molar-refractivity contribution in [1.29, 1.82) is 0 Å². The van der Waals surface area contributed by atoms with Crippen LogP contribution >= 0.6 is 17.0 Å². The maximum Gasteiger partial charge on any atom is 0.303 e. The average molecular weight is 429 g/mol. The number of aldehydes is 1. The van der Waals surface area contributed by atoms with Crippen molar-refractivity contribution in [3.63, 3.8) is 0 Å². The zero-order valence-corrected chi connectivity index (χ0v) is 15.8. The third kappa shape index (κ3) is 10.5. The predicted molar refractivity (Wildman–Crippen MR) is 85.7 cm³/mol. The van der Waals surface area contributed by atoms with E-state index in [1.54, 1.807) is 0 Å². The molecule has 1 N–H and O–H groups in total. The topological polar surface area (TPSA) is 143 Å². The maximum atomic E-state index is 11.3. The Labute approximate surface area is 154 Å². The van der Waals surface area contributed by atoms with E-state index in [0.29, 0.717) is 0 Å². The first-order chi connectivity index (χ1) is 11.1. The lowest BCUT2D eigenvalue weighted by molar-refractivity contribution is -0.195. The molecular formula is C14H21BrO10. The molecule has 0 aromatic rings. The van der Waals surface area contributed by atoms with Crippen molar-refractivity contribution >= 4 is 47.1 Å². The van der Waals surface area contributed by atoms with E-state index in [1.165, 1.54) is 0 Å². The normalized spacial score (nSPS) is 14.6. The molecule has 0 aliphatic carbocycles. The van der Waals surface area contributed by atoms with Crippen LogP contribution in [0.25, 0.3) is 0 Å². The molecule has 11 heteroatoms. The number of carbonyl (C=O) groups is 5. The summed E-state index contributed by atoms with van der Waals surface area (Å²) in [6.45, 7) is 3.52. The van der Waals surface area contributed by atoms with E-state index in [-0.39, 0.29) is 23.3 Å². The van der Waals surface area contributed by atoms with Gasteiger partial charge >= 0.3 is 23.9 Å². The molecule has 0 unspecified atom stereocenters. The van der Waals surface area contributed by atoms with E-state index >= 15 is 0 Å². The van der Waals surface area contributed by atoms with Gasteiger partial charge in [0.25, 0.3) is 0 Å². The highest BCUT2D eigenvalue weighted by molar-refractivity contribution is 8.93. The average Bonchev–Trinajstić information content (AvgIpc) is 2.45. The highest BCUT2D eigenvalue weighted by Gasteiger charge is 2.41. The fraction of sp³-hybridized carbons (Fsp3) is 0.643. The van der Waals surface area contributed by atoms with Gasteiger partial charge in [0.05, 0.1) is 0 Å². The number of esters is 4. The van der Waals surface area contributed by atoms with Gasteiger partial charge in [-0.2, -0.15) is 0 Å². The molecular weight excluding hydrogens is 408 g/mol. The molecule has 0 heterocycles. The Hall–Kier alpha value is -2.01. The minimum absolute atomic E-state index is 0. The van der Waals surface area contributed by atoms with E-state index < -0.39 is 54.9 Å². The minimum atomic E-state index is -1.64. The summed E-state index contributed by atoms with van der Waals surface area (Å²) >= 11 is 0. The van der Waals surface area contributed by atoms with Crippen molar-refractivity contribution in [3.05, 3.63) is 0 Å². The van der Waals surface area contributed by atoms with Gasteiger partial charge in [-0.3, -0.25) is 24.0 Å². The summed E-state index contributed by atoms with van der Waals surface area (Å²) in [4.78, 5) is 55.6. The number of aliphatic hydroxyl groups is 1. The quantitative estimate of drug-likeness (QED) is 0.289. The lowest BCUT2D eigenvalue weighted by Gasteiger charge is -2.31. The molecule has 0 amide bonds. The van der Waals surface area contributed by atoms with Crippen molar-refractivity contribution in [2.45, 2.75) is 52.1 Å². The molecule has 0 fully saturated rings. The molecule has 10 nitrogen and oxygen atoms in total. The third-order valence-electron chi connectivity index (χ3n) is 2.52. The van der Waals surface area contributed by atoms with Crippen molar-refractivity contribution in [1.82, 2.24) is 0 Å². The van der Waals surface area contributed by atoms with Crippen LogP contribution in [0.2, 0.25) is 0 Å². The van der Waals surface area contributed by atoms with Gasteiger partial charge in [-0.25, -0.2) is 0 Å². The third-order valence-corrected chi connectivity index (χ3v) is 2.52. The van der Waals surface area contributed by atoms with Crippen molar-refractivity contribution in [3.8, 4) is 0 Å². The van der Waals surface area contributed by atoms with Gasteiger partial charge in [-0.05, 0) is 0 Å². The molecule has 0 spiro atoms. The van der Waals surface area contributed by atoms with Crippen molar-refractivity contribution in [2.24, 2.45) is 0 Å². The molecule has 0 saturated heterocycles. The van der Waals surface area contributed by atoms with Gasteiger partial charge < -0.3 is 24.1 Å². The van der Waals surface area contributed by atoms with Gasteiger partial charge in [0.15, 0.2) is 24.6 Å². The number of carbonyl (C=O) groups excluding carboxylic acids is 5. The van der Waals surface area contributed by atoms with Crippen LogP contribution in [0.4, 0.5) is 0 Å². The Bertz CT molecular complexity index is 492.